The number of carbonyl (C=O) groups is 4. The lowest BCUT2D eigenvalue weighted by Gasteiger charge is -2.19. The Hall–Kier alpha value is -5.26. The molecule has 0 radical (unpaired) electrons. The molecular weight excluding hydrogens is 538 g/mol. The largest absolute Gasteiger partial charge is 0.467 e. The van der Waals surface area contributed by atoms with Gasteiger partial charge in [0.2, 0.25) is 5.95 Å². The van der Waals surface area contributed by atoms with Crippen LogP contribution in [-0.4, -0.2) is 63.2 Å². The molecule has 4 aromatic rings. The third-order valence-corrected chi connectivity index (χ3v) is 7.33. The van der Waals surface area contributed by atoms with Crippen molar-refractivity contribution in [3.8, 4) is 0 Å². The van der Waals surface area contributed by atoms with Gasteiger partial charge in [0.25, 0.3) is 17.7 Å². The van der Waals surface area contributed by atoms with Gasteiger partial charge in [0, 0.05) is 18.3 Å². The Balaban J connectivity index is 1.13. The average molecular weight is 570 g/mol. The number of H-pyrrole nitrogens is 1. The highest BCUT2D eigenvalue weighted by molar-refractivity contribution is 6.21. The van der Waals surface area contributed by atoms with Gasteiger partial charge < -0.3 is 26.5 Å². The van der Waals surface area contributed by atoms with E-state index in [1.54, 1.807) is 36.4 Å². The molecule has 12 nitrogen and oxygen atoms in total. The number of hydrogen-bond acceptors (Lipinski definition) is 9. The highest BCUT2D eigenvalue weighted by Crippen LogP contribution is 2.25. The van der Waals surface area contributed by atoms with Crippen molar-refractivity contribution in [1.82, 2.24) is 25.2 Å². The van der Waals surface area contributed by atoms with Gasteiger partial charge in [-0.05, 0) is 67.5 Å². The summed E-state index contributed by atoms with van der Waals surface area (Å²) < 4.78 is 4.87. The number of carbonyl (C=O) groups excluding carboxylic acids is 4. The van der Waals surface area contributed by atoms with Gasteiger partial charge >= 0.3 is 5.97 Å². The third-order valence-electron chi connectivity index (χ3n) is 7.33. The van der Waals surface area contributed by atoms with Crippen LogP contribution in [0.4, 0.5) is 11.8 Å². The second kappa shape index (κ2) is 12.1. The molecule has 3 amide bonds. The summed E-state index contributed by atoms with van der Waals surface area (Å²) in [6.07, 6.45) is 4.72. The van der Waals surface area contributed by atoms with Crippen molar-refractivity contribution < 1.29 is 23.9 Å². The fourth-order valence-corrected chi connectivity index (χ4v) is 5.18. The molecule has 0 fully saturated rings. The van der Waals surface area contributed by atoms with Gasteiger partial charge in [0.15, 0.2) is 0 Å². The summed E-state index contributed by atoms with van der Waals surface area (Å²) in [5.41, 5.74) is 15.5. The van der Waals surface area contributed by atoms with E-state index in [0.717, 1.165) is 40.7 Å². The number of benzene rings is 2. The Kier molecular flexibility index (Phi) is 8.14. The maximum Gasteiger partial charge on any atom is 0.328 e. The van der Waals surface area contributed by atoms with Crippen molar-refractivity contribution in [3.05, 3.63) is 82.5 Å². The number of aromatic nitrogens is 3. The molecule has 0 saturated carbocycles. The zero-order valence-electron chi connectivity index (χ0n) is 23.1. The average Bonchev–Trinajstić information content (AvgIpc) is 3.50. The number of nitrogen functional groups attached to an aromatic ring is 2. The van der Waals surface area contributed by atoms with E-state index in [1.807, 2.05) is 18.3 Å². The number of imide groups is 1. The van der Waals surface area contributed by atoms with E-state index in [1.165, 1.54) is 7.11 Å². The molecule has 12 heteroatoms. The van der Waals surface area contributed by atoms with Crippen LogP contribution in [0.25, 0.3) is 11.0 Å². The normalized spacial score (nSPS) is 13.3. The first kappa shape index (κ1) is 28.3. The summed E-state index contributed by atoms with van der Waals surface area (Å²) in [5, 5.41) is 3.50. The number of nitrogens with zero attached hydrogens (tertiary/aromatic N) is 3. The first-order chi connectivity index (χ1) is 20.3. The molecule has 0 spiro atoms. The predicted octanol–water partition coefficient (Wildman–Crippen LogP) is 2.65. The second-order valence-electron chi connectivity index (χ2n) is 10.1. The minimum Gasteiger partial charge on any atom is -0.467 e. The minimum absolute atomic E-state index is 0.122. The van der Waals surface area contributed by atoms with Crippen molar-refractivity contribution in [1.29, 1.82) is 0 Å². The van der Waals surface area contributed by atoms with Crippen LogP contribution in [0.2, 0.25) is 0 Å². The van der Waals surface area contributed by atoms with E-state index in [4.69, 9.17) is 16.2 Å². The Morgan fingerprint density at radius 2 is 1.67 bits per heavy atom. The van der Waals surface area contributed by atoms with Crippen molar-refractivity contribution >= 4 is 46.5 Å². The van der Waals surface area contributed by atoms with Crippen molar-refractivity contribution in [3.63, 3.8) is 0 Å². The van der Waals surface area contributed by atoms with Crippen LogP contribution in [0, 0.1) is 0 Å². The summed E-state index contributed by atoms with van der Waals surface area (Å²) in [6.45, 7) is 0.122. The summed E-state index contributed by atoms with van der Waals surface area (Å²) in [6, 6.07) is 12.9. The number of hydrogen-bond donors (Lipinski definition) is 4. The Labute approximate surface area is 241 Å². The number of anilines is 2. The summed E-state index contributed by atoms with van der Waals surface area (Å²) in [5.74, 6) is -1.28. The maximum absolute atomic E-state index is 12.9. The minimum atomic E-state index is -0.930. The Morgan fingerprint density at radius 3 is 2.33 bits per heavy atom. The molecule has 1 aliphatic heterocycles. The van der Waals surface area contributed by atoms with E-state index in [2.05, 4.69) is 20.3 Å². The number of nitrogens with one attached hydrogen (secondary N) is 2. The molecule has 0 unspecified atom stereocenters. The number of amides is 3. The fraction of sp³-hybridized carbons (Fsp3) is 0.267. The highest BCUT2D eigenvalue weighted by atomic mass is 16.5. The molecule has 2 aromatic heterocycles. The topological polar surface area (TPSA) is 186 Å². The van der Waals surface area contributed by atoms with Gasteiger partial charge in [-0.3, -0.25) is 19.3 Å². The predicted molar refractivity (Wildman–Crippen MR) is 155 cm³/mol. The first-order valence-electron chi connectivity index (χ1n) is 13.6. The lowest BCUT2D eigenvalue weighted by Crippen LogP contribution is -2.42. The maximum atomic E-state index is 12.9. The van der Waals surface area contributed by atoms with Crippen LogP contribution in [0.1, 0.15) is 61.5 Å². The number of aryl methyl sites for hydroxylation is 2. The van der Waals surface area contributed by atoms with Crippen molar-refractivity contribution in [2.24, 2.45) is 0 Å². The van der Waals surface area contributed by atoms with Crippen LogP contribution in [0.3, 0.4) is 0 Å². The standard InChI is InChI=1S/C30H31N7O5/c1-42-29(41)22(10-5-15-37-27(39)20-8-2-3-9-21(20)28(37)40)34-26(38)18-13-11-17(12-14-18)6-4-7-19-16-33-25-23(19)24(31)35-30(32)36-25/h2-3,8-9,11-14,16,22H,4-7,10,15H2,1H3,(H,34,38)(H5,31,32,33,35,36)/t22-/m0/s1. The van der Waals surface area contributed by atoms with Gasteiger partial charge in [-0.25, -0.2) is 4.79 Å². The van der Waals surface area contributed by atoms with Gasteiger partial charge in [0.05, 0.1) is 23.6 Å². The first-order valence-corrected chi connectivity index (χ1v) is 13.6. The van der Waals surface area contributed by atoms with E-state index >= 15 is 0 Å². The summed E-state index contributed by atoms with van der Waals surface area (Å²) in [7, 11) is 1.24. The monoisotopic (exact) mass is 569 g/mol. The van der Waals surface area contributed by atoms with Crippen molar-refractivity contribution in [2.45, 2.75) is 38.1 Å². The number of ether oxygens (including phenoxy) is 1. The molecule has 6 N–H and O–H groups in total. The van der Waals surface area contributed by atoms with Crippen LogP contribution in [0.5, 0.6) is 0 Å². The molecule has 1 aliphatic rings. The van der Waals surface area contributed by atoms with E-state index in [0.29, 0.717) is 34.6 Å². The quantitative estimate of drug-likeness (QED) is 0.156. The van der Waals surface area contributed by atoms with Crippen LogP contribution in [-0.2, 0) is 22.4 Å². The molecule has 0 bridgehead atoms. The lowest BCUT2D eigenvalue weighted by atomic mass is 10.0. The third kappa shape index (κ3) is 5.78. The molecule has 3 heterocycles. The van der Waals surface area contributed by atoms with Crippen LogP contribution in [0.15, 0.2) is 54.7 Å². The molecule has 216 valence electrons. The number of nitrogens with two attached hydrogens (primary N) is 2. The highest BCUT2D eigenvalue weighted by Gasteiger charge is 2.35. The zero-order chi connectivity index (χ0) is 29.8. The van der Waals surface area contributed by atoms with Crippen LogP contribution >= 0.6 is 0 Å². The molecule has 42 heavy (non-hydrogen) atoms. The number of methoxy groups -OCH3 is 1. The molecule has 2 aromatic carbocycles. The van der Waals surface area contributed by atoms with E-state index in [-0.39, 0.29) is 30.7 Å². The van der Waals surface area contributed by atoms with E-state index in [9.17, 15) is 19.2 Å². The fourth-order valence-electron chi connectivity index (χ4n) is 5.18. The lowest BCUT2D eigenvalue weighted by molar-refractivity contribution is -0.143. The summed E-state index contributed by atoms with van der Waals surface area (Å²) >= 11 is 0. The molecule has 0 aliphatic carbocycles. The number of fused-ring (bicyclic) bond motifs is 2. The molecular formula is C30H31N7O5. The number of esters is 1. The second-order valence-corrected chi connectivity index (χ2v) is 10.1. The van der Waals surface area contributed by atoms with Gasteiger partial charge in [-0.1, -0.05) is 24.3 Å². The molecule has 1 atom stereocenters. The van der Waals surface area contributed by atoms with Gasteiger partial charge in [-0.2, -0.15) is 9.97 Å². The van der Waals surface area contributed by atoms with Gasteiger partial charge in [0.1, 0.15) is 17.5 Å². The Bertz CT molecular complexity index is 1630. The van der Waals surface area contributed by atoms with Gasteiger partial charge in [-0.15, -0.1) is 0 Å². The van der Waals surface area contributed by atoms with E-state index < -0.39 is 17.9 Å². The number of rotatable bonds is 11. The molecule has 0 saturated heterocycles. The smallest absolute Gasteiger partial charge is 0.328 e. The Morgan fingerprint density at radius 1 is 0.976 bits per heavy atom. The SMILES string of the molecule is COC(=O)[C@H](CCCN1C(=O)c2ccccc2C1=O)NC(=O)c1ccc(CCCc2c[nH]c3nc(N)nc(N)c23)cc1. The summed E-state index contributed by atoms with van der Waals surface area (Å²) in [4.78, 5) is 63.0. The van der Waals surface area contributed by atoms with Crippen molar-refractivity contribution in [2.75, 3.05) is 25.1 Å². The number of aromatic amines is 1. The molecule has 5 rings (SSSR count). The van der Waals surface area contributed by atoms with Crippen LogP contribution < -0.4 is 16.8 Å². The zero-order valence-corrected chi connectivity index (χ0v) is 23.1.